The summed E-state index contributed by atoms with van der Waals surface area (Å²) in [4.78, 5) is 10.4. The van der Waals surface area contributed by atoms with Crippen LogP contribution in [-0.2, 0) is 0 Å². The topological polar surface area (TPSA) is 55.2 Å². The highest BCUT2D eigenvalue weighted by Gasteiger charge is 2.12. The van der Waals surface area contributed by atoms with Crippen molar-refractivity contribution in [3.63, 3.8) is 0 Å². The molecule has 0 heterocycles. The van der Waals surface area contributed by atoms with Gasteiger partial charge in [-0.1, -0.05) is 23.7 Å². The molecule has 6 heteroatoms. The van der Waals surface area contributed by atoms with E-state index in [1.54, 1.807) is 18.2 Å². The molecular formula is C15H14ClFN2O2. The maximum absolute atomic E-state index is 13.2. The van der Waals surface area contributed by atoms with Crippen molar-refractivity contribution in [2.45, 2.75) is 19.9 Å². The number of hydrogen-bond acceptors (Lipinski definition) is 3. The van der Waals surface area contributed by atoms with Gasteiger partial charge in [-0.25, -0.2) is 4.39 Å². The first-order chi connectivity index (χ1) is 9.88. The lowest BCUT2D eigenvalue weighted by molar-refractivity contribution is -0.384. The molecule has 110 valence electrons. The van der Waals surface area contributed by atoms with Crippen LogP contribution in [0.1, 0.15) is 24.1 Å². The van der Waals surface area contributed by atoms with E-state index in [1.165, 1.54) is 18.2 Å². The van der Waals surface area contributed by atoms with Gasteiger partial charge in [0.15, 0.2) is 0 Å². The van der Waals surface area contributed by atoms with Crippen molar-refractivity contribution in [1.82, 2.24) is 0 Å². The molecule has 0 bridgehead atoms. The van der Waals surface area contributed by atoms with Gasteiger partial charge in [0.05, 0.1) is 9.95 Å². The molecule has 0 saturated heterocycles. The lowest BCUT2D eigenvalue weighted by atomic mass is 10.1. The first-order valence-corrected chi connectivity index (χ1v) is 6.73. The van der Waals surface area contributed by atoms with Gasteiger partial charge in [-0.15, -0.1) is 0 Å². The van der Waals surface area contributed by atoms with Crippen LogP contribution < -0.4 is 5.32 Å². The summed E-state index contributed by atoms with van der Waals surface area (Å²) in [6.07, 6.45) is 0. The Morgan fingerprint density at radius 3 is 2.62 bits per heavy atom. The zero-order valence-corrected chi connectivity index (χ0v) is 12.3. The molecule has 0 amide bonds. The number of nitro groups is 1. The summed E-state index contributed by atoms with van der Waals surface area (Å²) in [5.74, 6) is -0.473. The van der Waals surface area contributed by atoms with Gasteiger partial charge < -0.3 is 5.32 Å². The molecule has 0 spiro atoms. The molecule has 21 heavy (non-hydrogen) atoms. The summed E-state index contributed by atoms with van der Waals surface area (Å²) in [6, 6.07) is 8.94. The molecule has 1 unspecified atom stereocenters. The van der Waals surface area contributed by atoms with Crippen LogP contribution in [0.25, 0.3) is 0 Å². The van der Waals surface area contributed by atoms with E-state index in [2.05, 4.69) is 5.32 Å². The van der Waals surface area contributed by atoms with Crippen molar-refractivity contribution < 1.29 is 9.31 Å². The SMILES string of the molecule is Cc1ccc([N+](=O)[O-])cc1NC(C)c1ccc(F)c(Cl)c1. The molecule has 1 N–H and O–H groups in total. The number of anilines is 1. The molecule has 4 nitrogen and oxygen atoms in total. The molecule has 0 aromatic heterocycles. The van der Waals surface area contributed by atoms with E-state index in [-0.39, 0.29) is 16.8 Å². The lowest BCUT2D eigenvalue weighted by Gasteiger charge is -2.17. The Morgan fingerprint density at radius 1 is 1.29 bits per heavy atom. The number of nitrogens with one attached hydrogen (secondary N) is 1. The summed E-state index contributed by atoms with van der Waals surface area (Å²) in [6.45, 7) is 3.73. The van der Waals surface area contributed by atoms with Crippen molar-refractivity contribution >= 4 is 23.0 Å². The van der Waals surface area contributed by atoms with Crippen LogP contribution in [0.4, 0.5) is 15.8 Å². The minimum absolute atomic E-state index is 0.0208. The number of hydrogen-bond donors (Lipinski definition) is 1. The predicted molar refractivity (Wildman–Crippen MR) is 81.3 cm³/mol. The monoisotopic (exact) mass is 308 g/mol. The maximum atomic E-state index is 13.2. The standard InChI is InChI=1S/C15H14ClFN2O2/c1-9-3-5-12(19(20)21)8-15(9)18-10(2)11-4-6-14(17)13(16)7-11/h3-8,10,18H,1-2H3. The van der Waals surface area contributed by atoms with E-state index < -0.39 is 10.7 Å². The minimum Gasteiger partial charge on any atom is -0.378 e. The Hall–Kier alpha value is -2.14. The second-order valence-electron chi connectivity index (χ2n) is 4.80. The zero-order valence-electron chi connectivity index (χ0n) is 11.6. The van der Waals surface area contributed by atoms with Gasteiger partial charge >= 0.3 is 0 Å². The van der Waals surface area contributed by atoms with Crippen LogP contribution in [0.3, 0.4) is 0 Å². The number of benzene rings is 2. The molecule has 0 radical (unpaired) electrons. The van der Waals surface area contributed by atoms with Crippen LogP contribution in [0.2, 0.25) is 5.02 Å². The summed E-state index contributed by atoms with van der Waals surface area (Å²) < 4.78 is 13.2. The van der Waals surface area contributed by atoms with Gasteiger partial charge in [-0.3, -0.25) is 10.1 Å². The van der Waals surface area contributed by atoms with Gasteiger partial charge in [0.2, 0.25) is 0 Å². The second kappa shape index (κ2) is 6.10. The first kappa shape index (κ1) is 15.3. The van der Waals surface area contributed by atoms with E-state index in [4.69, 9.17) is 11.6 Å². The van der Waals surface area contributed by atoms with Crippen LogP contribution >= 0.6 is 11.6 Å². The number of rotatable bonds is 4. The smallest absolute Gasteiger partial charge is 0.271 e. The first-order valence-electron chi connectivity index (χ1n) is 6.35. The molecule has 0 aliphatic carbocycles. The molecule has 0 fully saturated rings. The number of non-ortho nitro benzene ring substituents is 1. The van der Waals surface area contributed by atoms with E-state index in [0.717, 1.165) is 11.1 Å². The van der Waals surface area contributed by atoms with E-state index in [9.17, 15) is 14.5 Å². The van der Waals surface area contributed by atoms with Gasteiger partial charge in [-0.05, 0) is 37.1 Å². The molecule has 2 aromatic rings. The van der Waals surface area contributed by atoms with Crippen LogP contribution in [0, 0.1) is 22.9 Å². The molecule has 0 aliphatic heterocycles. The van der Waals surface area contributed by atoms with Gasteiger partial charge in [-0.2, -0.15) is 0 Å². The Morgan fingerprint density at radius 2 is 2.00 bits per heavy atom. The highest BCUT2D eigenvalue weighted by Crippen LogP contribution is 2.27. The third kappa shape index (κ3) is 3.49. The average Bonchev–Trinajstić information content (AvgIpc) is 2.43. The number of nitro benzene ring substituents is 1. The number of halogens is 2. The second-order valence-corrected chi connectivity index (χ2v) is 5.20. The average molecular weight is 309 g/mol. The van der Waals surface area contributed by atoms with Crippen molar-refractivity contribution in [3.8, 4) is 0 Å². The minimum atomic E-state index is -0.473. The molecule has 2 rings (SSSR count). The number of aryl methyl sites for hydroxylation is 1. The van der Waals surface area contributed by atoms with E-state index in [0.29, 0.717) is 5.69 Å². The lowest BCUT2D eigenvalue weighted by Crippen LogP contribution is -2.08. The fraction of sp³-hybridized carbons (Fsp3) is 0.200. The van der Waals surface area contributed by atoms with E-state index in [1.807, 2.05) is 13.8 Å². The van der Waals surface area contributed by atoms with Crippen molar-refractivity contribution in [2.75, 3.05) is 5.32 Å². The summed E-state index contributed by atoms with van der Waals surface area (Å²) in [5.41, 5.74) is 2.37. The summed E-state index contributed by atoms with van der Waals surface area (Å²) >= 11 is 5.77. The largest absolute Gasteiger partial charge is 0.378 e. The molecule has 2 aromatic carbocycles. The van der Waals surface area contributed by atoms with Crippen LogP contribution in [-0.4, -0.2) is 4.92 Å². The molecule has 0 aliphatic rings. The van der Waals surface area contributed by atoms with Gasteiger partial charge in [0.1, 0.15) is 5.82 Å². The van der Waals surface area contributed by atoms with Gasteiger partial charge in [0, 0.05) is 23.9 Å². The normalized spacial score (nSPS) is 12.0. The quantitative estimate of drug-likeness (QED) is 0.647. The Kier molecular flexibility index (Phi) is 4.43. The summed E-state index contributed by atoms with van der Waals surface area (Å²) in [7, 11) is 0. The molecular weight excluding hydrogens is 295 g/mol. The van der Waals surface area contributed by atoms with Crippen molar-refractivity contribution in [2.24, 2.45) is 0 Å². The van der Waals surface area contributed by atoms with Crippen molar-refractivity contribution in [1.29, 1.82) is 0 Å². The van der Waals surface area contributed by atoms with Gasteiger partial charge in [0.25, 0.3) is 5.69 Å². The Labute approximate surface area is 126 Å². The van der Waals surface area contributed by atoms with E-state index >= 15 is 0 Å². The Balaban J connectivity index is 2.26. The fourth-order valence-corrected chi connectivity index (χ4v) is 2.17. The maximum Gasteiger partial charge on any atom is 0.271 e. The Bertz CT molecular complexity index is 691. The van der Waals surface area contributed by atoms with Crippen LogP contribution in [0.15, 0.2) is 36.4 Å². The third-order valence-corrected chi connectivity index (χ3v) is 3.54. The molecule has 0 saturated carbocycles. The predicted octanol–water partition coefficient (Wildman–Crippen LogP) is 4.87. The molecule has 1 atom stereocenters. The number of nitrogens with zero attached hydrogens (tertiary/aromatic N) is 1. The highest BCUT2D eigenvalue weighted by molar-refractivity contribution is 6.30. The van der Waals surface area contributed by atoms with Crippen molar-refractivity contribution in [3.05, 3.63) is 68.5 Å². The highest BCUT2D eigenvalue weighted by atomic mass is 35.5. The zero-order chi connectivity index (χ0) is 15.6. The third-order valence-electron chi connectivity index (χ3n) is 3.25. The van der Waals surface area contributed by atoms with Crippen LogP contribution in [0.5, 0.6) is 0 Å². The fourth-order valence-electron chi connectivity index (χ4n) is 1.98. The summed E-state index contributed by atoms with van der Waals surface area (Å²) in [5, 5.41) is 14.1.